The average Bonchev–Trinajstić information content (AvgIpc) is 1.85. The molecule has 0 aliphatic heterocycles. The molecule has 0 spiro atoms. The van der Waals surface area contributed by atoms with Crippen LogP contribution in [0.2, 0.25) is 0 Å². The lowest BCUT2D eigenvalue weighted by Gasteiger charge is -2.18. The number of nitrogens with two attached hydrogens (primary N) is 1. The van der Waals surface area contributed by atoms with Crippen molar-refractivity contribution in [3.63, 3.8) is 0 Å². The zero-order chi connectivity index (χ0) is 8.69. The van der Waals surface area contributed by atoms with Crippen molar-refractivity contribution in [2.45, 2.75) is 39.2 Å². The highest BCUT2D eigenvalue weighted by molar-refractivity contribution is 4.70. The van der Waals surface area contributed by atoms with Crippen LogP contribution in [0.25, 0.3) is 0 Å². The fourth-order valence-corrected chi connectivity index (χ4v) is 0.848. The second-order valence-corrected chi connectivity index (χ2v) is 3.64. The molecule has 11 heavy (non-hydrogen) atoms. The third-order valence-electron chi connectivity index (χ3n) is 1.76. The van der Waals surface area contributed by atoms with E-state index in [1.54, 1.807) is 0 Å². The molecule has 0 bridgehead atoms. The third-order valence-corrected chi connectivity index (χ3v) is 1.76. The topological polar surface area (TPSA) is 38.0 Å². The third kappa shape index (κ3) is 7.82. The second-order valence-electron chi connectivity index (χ2n) is 3.64. The first-order chi connectivity index (χ1) is 5.16. The molecule has 0 amide bonds. The van der Waals surface area contributed by atoms with Crippen LogP contribution in [-0.4, -0.2) is 19.6 Å². The maximum atomic E-state index is 5.38. The van der Waals surface area contributed by atoms with Crippen molar-refractivity contribution >= 4 is 0 Å². The highest BCUT2D eigenvalue weighted by atomic mass is 14.8. The molecule has 2 heteroatoms. The molecule has 0 radical (unpaired) electrons. The van der Waals surface area contributed by atoms with Gasteiger partial charge in [0.25, 0.3) is 0 Å². The predicted molar refractivity (Wildman–Crippen MR) is 50.6 cm³/mol. The molecule has 1 aliphatic carbocycles. The quantitative estimate of drug-likeness (QED) is 0.637. The number of hydrogen-bond acceptors (Lipinski definition) is 2. The first-order valence-electron chi connectivity index (χ1n) is 4.57. The zero-order valence-corrected chi connectivity index (χ0v) is 8.06. The van der Waals surface area contributed by atoms with Gasteiger partial charge in [0.2, 0.25) is 0 Å². The lowest BCUT2D eigenvalue weighted by molar-refractivity contribution is 0.418. The molecule has 1 fully saturated rings. The van der Waals surface area contributed by atoms with Gasteiger partial charge in [-0.25, -0.2) is 0 Å². The van der Waals surface area contributed by atoms with Crippen molar-refractivity contribution in [2.24, 2.45) is 11.7 Å². The lowest BCUT2D eigenvalue weighted by Crippen LogP contribution is -2.27. The van der Waals surface area contributed by atoms with Crippen molar-refractivity contribution < 1.29 is 0 Å². The van der Waals surface area contributed by atoms with E-state index in [1.807, 2.05) is 7.05 Å². The van der Waals surface area contributed by atoms with E-state index >= 15 is 0 Å². The van der Waals surface area contributed by atoms with Gasteiger partial charge in [-0.15, -0.1) is 0 Å². The van der Waals surface area contributed by atoms with Crippen molar-refractivity contribution in [1.82, 2.24) is 5.32 Å². The van der Waals surface area contributed by atoms with Gasteiger partial charge >= 0.3 is 0 Å². The van der Waals surface area contributed by atoms with Gasteiger partial charge in [-0.1, -0.05) is 20.3 Å². The molecule has 68 valence electrons. The minimum atomic E-state index is 0.565. The Kier molecular flexibility index (Phi) is 6.57. The molecule has 0 aromatic heterocycles. The van der Waals surface area contributed by atoms with E-state index in [-0.39, 0.29) is 0 Å². The van der Waals surface area contributed by atoms with Crippen LogP contribution in [0, 0.1) is 5.92 Å². The Labute approximate surface area is 70.5 Å². The fourth-order valence-electron chi connectivity index (χ4n) is 0.848. The summed E-state index contributed by atoms with van der Waals surface area (Å²) in [6, 6.07) is 0.565. The SMILES string of the molecule is CNCC(C)C.NC1CCC1. The second kappa shape index (κ2) is 6.62. The predicted octanol–water partition coefficient (Wildman–Crippen LogP) is 1.36. The van der Waals surface area contributed by atoms with Crippen LogP contribution in [0.1, 0.15) is 33.1 Å². The summed E-state index contributed by atoms with van der Waals surface area (Å²) in [6.45, 7) is 5.51. The summed E-state index contributed by atoms with van der Waals surface area (Å²) in [5.41, 5.74) is 5.38. The van der Waals surface area contributed by atoms with Gasteiger partial charge in [-0.2, -0.15) is 0 Å². The fraction of sp³-hybridized carbons (Fsp3) is 1.00. The zero-order valence-electron chi connectivity index (χ0n) is 8.06. The molecular weight excluding hydrogens is 136 g/mol. The summed E-state index contributed by atoms with van der Waals surface area (Å²) < 4.78 is 0. The first kappa shape index (κ1) is 10.9. The average molecular weight is 158 g/mol. The monoisotopic (exact) mass is 158 g/mol. The van der Waals surface area contributed by atoms with Crippen molar-refractivity contribution in [1.29, 1.82) is 0 Å². The molecule has 3 N–H and O–H groups in total. The lowest BCUT2D eigenvalue weighted by atomic mass is 9.95. The summed E-state index contributed by atoms with van der Waals surface area (Å²) in [5.74, 6) is 0.787. The van der Waals surface area contributed by atoms with Crippen LogP contribution < -0.4 is 11.1 Å². The van der Waals surface area contributed by atoms with Gasteiger partial charge in [0.15, 0.2) is 0 Å². The van der Waals surface area contributed by atoms with Crippen molar-refractivity contribution in [2.75, 3.05) is 13.6 Å². The Bertz CT molecular complexity index is 77.6. The van der Waals surface area contributed by atoms with Crippen LogP contribution in [-0.2, 0) is 0 Å². The maximum Gasteiger partial charge on any atom is 0.00388 e. The molecule has 2 nitrogen and oxygen atoms in total. The van der Waals surface area contributed by atoms with E-state index in [1.165, 1.54) is 19.3 Å². The summed E-state index contributed by atoms with van der Waals surface area (Å²) in [5, 5.41) is 3.07. The number of hydrogen-bond donors (Lipinski definition) is 2. The van der Waals surface area contributed by atoms with Crippen LogP contribution in [0.15, 0.2) is 0 Å². The van der Waals surface area contributed by atoms with E-state index in [0.717, 1.165) is 12.5 Å². The Hall–Kier alpha value is -0.0800. The van der Waals surface area contributed by atoms with Gasteiger partial charge < -0.3 is 11.1 Å². The summed E-state index contributed by atoms with van der Waals surface area (Å²) in [6.07, 6.45) is 3.89. The smallest absolute Gasteiger partial charge is 0.00388 e. The molecule has 0 aromatic carbocycles. The molecule has 0 atom stereocenters. The summed E-state index contributed by atoms with van der Waals surface area (Å²) in [7, 11) is 1.97. The molecule has 0 saturated heterocycles. The molecule has 0 heterocycles. The van der Waals surface area contributed by atoms with E-state index in [4.69, 9.17) is 5.73 Å². The van der Waals surface area contributed by atoms with Gasteiger partial charge in [-0.05, 0) is 32.4 Å². The highest BCUT2D eigenvalue weighted by Crippen LogP contribution is 2.14. The molecule has 0 unspecified atom stereocenters. The van der Waals surface area contributed by atoms with Gasteiger partial charge in [-0.3, -0.25) is 0 Å². The molecule has 1 aliphatic rings. The van der Waals surface area contributed by atoms with Crippen molar-refractivity contribution in [3.05, 3.63) is 0 Å². The Morgan fingerprint density at radius 3 is 1.91 bits per heavy atom. The van der Waals surface area contributed by atoms with Gasteiger partial charge in [0.05, 0.1) is 0 Å². The van der Waals surface area contributed by atoms with E-state index in [0.29, 0.717) is 6.04 Å². The Balaban J connectivity index is 0.000000183. The highest BCUT2D eigenvalue weighted by Gasteiger charge is 2.09. The van der Waals surface area contributed by atoms with Crippen LogP contribution in [0.5, 0.6) is 0 Å². The molecule has 0 aromatic rings. The Morgan fingerprint density at radius 2 is 1.91 bits per heavy atom. The van der Waals surface area contributed by atoms with E-state index in [9.17, 15) is 0 Å². The van der Waals surface area contributed by atoms with Crippen LogP contribution in [0.3, 0.4) is 0 Å². The maximum absolute atomic E-state index is 5.38. The molecular formula is C9H22N2. The van der Waals surface area contributed by atoms with Crippen LogP contribution in [0.4, 0.5) is 0 Å². The van der Waals surface area contributed by atoms with E-state index in [2.05, 4.69) is 19.2 Å². The minimum absolute atomic E-state index is 0.565. The Morgan fingerprint density at radius 1 is 1.45 bits per heavy atom. The van der Waals surface area contributed by atoms with E-state index < -0.39 is 0 Å². The minimum Gasteiger partial charge on any atom is -0.328 e. The number of nitrogens with one attached hydrogen (secondary N) is 1. The summed E-state index contributed by atoms with van der Waals surface area (Å²) >= 11 is 0. The molecule has 1 saturated carbocycles. The summed E-state index contributed by atoms with van der Waals surface area (Å²) in [4.78, 5) is 0. The normalized spacial score (nSPS) is 17.2. The first-order valence-corrected chi connectivity index (χ1v) is 4.57. The van der Waals surface area contributed by atoms with Crippen molar-refractivity contribution in [3.8, 4) is 0 Å². The van der Waals surface area contributed by atoms with Gasteiger partial charge in [0, 0.05) is 6.04 Å². The standard InChI is InChI=1S/C5H13N.C4H9N/c1-5(2)4-6-3;5-4-2-1-3-4/h5-6H,4H2,1-3H3;4H,1-3,5H2. The van der Waals surface area contributed by atoms with Gasteiger partial charge in [0.1, 0.15) is 0 Å². The van der Waals surface area contributed by atoms with Crippen LogP contribution >= 0.6 is 0 Å². The largest absolute Gasteiger partial charge is 0.328 e. The number of rotatable bonds is 2. The molecule has 1 rings (SSSR count).